The number of hydrogen-bond donors (Lipinski definition) is 2. The van der Waals surface area contributed by atoms with Crippen LogP contribution in [0.5, 0.6) is 0 Å². The molecule has 0 heterocycles. The molecule has 2 N–H and O–H groups in total. The highest BCUT2D eigenvalue weighted by Crippen LogP contribution is 2.32. The van der Waals surface area contributed by atoms with Gasteiger partial charge in [-0.25, -0.2) is 4.79 Å². The number of carboxylic acid groups (broad SMARTS) is 1. The molecule has 1 saturated carbocycles. The quantitative estimate of drug-likeness (QED) is 0.741. The predicted octanol–water partition coefficient (Wildman–Crippen LogP) is 2.10. The van der Waals surface area contributed by atoms with E-state index in [9.17, 15) is 14.7 Å². The standard InChI is InChI=1S/C13H21NO3/c1-9(2)7-11(15)14-13(12(16)17)6-4-5-10(3)8-13/h7,10H,4-6,8H2,1-3H3,(H,14,15)(H,16,17). The molecule has 1 aliphatic rings. The topological polar surface area (TPSA) is 66.4 Å². The van der Waals surface area contributed by atoms with Gasteiger partial charge in [0.1, 0.15) is 5.54 Å². The number of rotatable bonds is 3. The second-order valence-corrected chi connectivity index (χ2v) is 5.30. The molecule has 1 fully saturated rings. The first-order chi connectivity index (χ1) is 7.85. The Hall–Kier alpha value is -1.32. The summed E-state index contributed by atoms with van der Waals surface area (Å²) in [6.07, 6.45) is 4.37. The van der Waals surface area contributed by atoms with E-state index in [1.807, 2.05) is 20.8 Å². The van der Waals surface area contributed by atoms with Crippen molar-refractivity contribution in [2.45, 2.75) is 52.0 Å². The van der Waals surface area contributed by atoms with Gasteiger partial charge in [-0.3, -0.25) is 4.79 Å². The van der Waals surface area contributed by atoms with E-state index in [1.54, 1.807) is 0 Å². The van der Waals surface area contributed by atoms with Crippen molar-refractivity contribution in [3.8, 4) is 0 Å². The summed E-state index contributed by atoms with van der Waals surface area (Å²) in [4.78, 5) is 23.1. The van der Waals surface area contributed by atoms with E-state index in [4.69, 9.17) is 0 Å². The summed E-state index contributed by atoms with van der Waals surface area (Å²) in [6, 6.07) is 0. The zero-order valence-corrected chi connectivity index (χ0v) is 10.7. The maximum atomic E-state index is 11.7. The molecule has 0 aliphatic heterocycles. The van der Waals surface area contributed by atoms with Crippen molar-refractivity contribution in [3.05, 3.63) is 11.6 Å². The summed E-state index contributed by atoms with van der Waals surface area (Å²) in [5.41, 5.74) is -0.201. The Bertz CT molecular complexity index is 345. The van der Waals surface area contributed by atoms with Crippen molar-refractivity contribution in [1.29, 1.82) is 0 Å². The molecule has 2 atom stereocenters. The number of amides is 1. The van der Waals surface area contributed by atoms with E-state index in [1.165, 1.54) is 6.08 Å². The lowest BCUT2D eigenvalue weighted by atomic mass is 9.76. The van der Waals surface area contributed by atoms with Gasteiger partial charge in [-0.15, -0.1) is 0 Å². The van der Waals surface area contributed by atoms with Gasteiger partial charge in [0.15, 0.2) is 0 Å². The van der Waals surface area contributed by atoms with Crippen molar-refractivity contribution in [2.24, 2.45) is 5.92 Å². The average Bonchev–Trinajstić information content (AvgIpc) is 2.15. The predicted molar refractivity (Wildman–Crippen MR) is 65.6 cm³/mol. The van der Waals surface area contributed by atoms with Gasteiger partial charge in [-0.05, 0) is 32.6 Å². The number of nitrogens with one attached hydrogen (secondary N) is 1. The number of hydrogen-bond acceptors (Lipinski definition) is 2. The maximum Gasteiger partial charge on any atom is 0.329 e. The minimum absolute atomic E-state index is 0.304. The van der Waals surface area contributed by atoms with Gasteiger partial charge in [0.05, 0.1) is 0 Å². The first-order valence-electron chi connectivity index (χ1n) is 6.06. The minimum atomic E-state index is -1.07. The molecule has 0 spiro atoms. The van der Waals surface area contributed by atoms with Crippen LogP contribution in [0.15, 0.2) is 11.6 Å². The Labute approximate surface area is 102 Å². The van der Waals surface area contributed by atoms with Crippen LogP contribution in [-0.2, 0) is 9.59 Å². The molecule has 0 aromatic rings. The van der Waals surface area contributed by atoms with Crippen LogP contribution in [0.4, 0.5) is 0 Å². The van der Waals surface area contributed by atoms with Crippen LogP contribution in [0.2, 0.25) is 0 Å². The van der Waals surface area contributed by atoms with Crippen LogP contribution < -0.4 is 5.32 Å². The molecule has 17 heavy (non-hydrogen) atoms. The molecular weight excluding hydrogens is 218 g/mol. The fourth-order valence-corrected chi connectivity index (χ4v) is 2.45. The second kappa shape index (κ2) is 5.34. The van der Waals surface area contributed by atoms with Gasteiger partial charge in [0, 0.05) is 6.08 Å². The first kappa shape index (κ1) is 13.7. The summed E-state index contributed by atoms with van der Waals surface area (Å²) >= 11 is 0. The van der Waals surface area contributed by atoms with E-state index >= 15 is 0 Å². The summed E-state index contributed by atoms with van der Waals surface area (Å²) < 4.78 is 0. The van der Waals surface area contributed by atoms with Gasteiger partial charge < -0.3 is 10.4 Å². The van der Waals surface area contributed by atoms with Crippen molar-refractivity contribution in [3.63, 3.8) is 0 Å². The maximum absolute atomic E-state index is 11.7. The third-order valence-electron chi connectivity index (χ3n) is 3.19. The van der Waals surface area contributed by atoms with Crippen molar-refractivity contribution < 1.29 is 14.7 Å². The van der Waals surface area contributed by atoms with Gasteiger partial charge in [-0.1, -0.05) is 25.3 Å². The van der Waals surface area contributed by atoms with Crippen molar-refractivity contribution in [2.75, 3.05) is 0 Å². The molecule has 0 aromatic carbocycles. The zero-order chi connectivity index (χ0) is 13.1. The van der Waals surface area contributed by atoms with E-state index in [0.29, 0.717) is 18.8 Å². The normalized spacial score (nSPS) is 28.3. The molecule has 1 rings (SSSR count). The summed E-state index contributed by atoms with van der Waals surface area (Å²) in [6.45, 7) is 5.66. The number of carbonyl (C=O) groups excluding carboxylic acids is 1. The molecule has 0 radical (unpaired) electrons. The number of carbonyl (C=O) groups is 2. The number of allylic oxidation sites excluding steroid dienone is 1. The van der Waals surface area contributed by atoms with Crippen LogP contribution in [0, 0.1) is 5.92 Å². The third kappa shape index (κ3) is 3.58. The Balaban J connectivity index is 2.82. The summed E-state index contributed by atoms with van der Waals surface area (Å²) in [5.74, 6) is -0.882. The Morgan fingerprint density at radius 3 is 2.53 bits per heavy atom. The van der Waals surface area contributed by atoms with Crippen molar-refractivity contribution in [1.82, 2.24) is 5.32 Å². The van der Waals surface area contributed by atoms with Crippen LogP contribution in [0.1, 0.15) is 46.5 Å². The van der Waals surface area contributed by atoms with Gasteiger partial charge >= 0.3 is 5.97 Å². The molecule has 0 bridgehead atoms. The van der Waals surface area contributed by atoms with Crippen LogP contribution in [0.3, 0.4) is 0 Å². The van der Waals surface area contributed by atoms with E-state index < -0.39 is 11.5 Å². The van der Waals surface area contributed by atoms with Gasteiger partial charge in [-0.2, -0.15) is 0 Å². The van der Waals surface area contributed by atoms with E-state index in [0.717, 1.165) is 18.4 Å². The highest BCUT2D eigenvalue weighted by molar-refractivity contribution is 5.93. The smallest absolute Gasteiger partial charge is 0.329 e. The Kier molecular flexibility index (Phi) is 4.32. The summed E-state index contributed by atoms with van der Waals surface area (Å²) in [5, 5.41) is 12.0. The fraction of sp³-hybridized carbons (Fsp3) is 0.692. The fourth-order valence-electron chi connectivity index (χ4n) is 2.45. The molecule has 0 saturated heterocycles. The summed E-state index contributed by atoms with van der Waals surface area (Å²) in [7, 11) is 0. The number of carboxylic acids is 1. The minimum Gasteiger partial charge on any atom is -0.480 e. The SMILES string of the molecule is CC(C)=CC(=O)NC1(C(=O)O)CCCC(C)C1. The molecular formula is C13H21NO3. The van der Waals surface area contributed by atoms with Crippen LogP contribution >= 0.6 is 0 Å². The number of aliphatic carboxylic acids is 1. The largest absolute Gasteiger partial charge is 0.480 e. The van der Waals surface area contributed by atoms with Crippen LogP contribution in [-0.4, -0.2) is 22.5 Å². The molecule has 96 valence electrons. The van der Waals surface area contributed by atoms with E-state index in [2.05, 4.69) is 5.32 Å². The first-order valence-corrected chi connectivity index (χ1v) is 6.06. The molecule has 4 heteroatoms. The lowest BCUT2D eigenvalue weighted by Crippen LogP contribution is -2.56. The molecule has 1 aliphatic carbocycles. The molecule has 0 aromatic heterocycles. The molecule has 4 nitrogen and oxygen atoms in total. The van der Waals surface area contributed by atoms with Gasteiger partial charge in [0.2, 0.25) is 5.91 Å². The highest BCUT2D eigenvalue weighted by atomic mass is 16.4. The van der Waals surface area contributed by atoms with Gasteiger partial charge in [0.25, 0.3) is 0 Å². The average molecular weight is 239 g/mol. The van der Waals surface area contributed by atoms with E-state index in [-0.39, 0.29) is 5.91 Å². The Morgan fingerprint density at radius 2 is 2.06 bits per heavy atom. The van der Waals surface area contributed by atoms with Crippen LogP contribution in [0.25, 0.3) is 0 Å². The lowest BCUT2D eigenvalue weighted by Gasteiger charge is -2.36. The zero-order valence-electron chi connectivity index (χ0n) is 10.7. The molecule has 1 amide bonds. The monoisotopic (exact) mass is 239 g/mol. The Morgan fingerprint density at radius 1 is 1.41 bits per heavy atom. The molecule has 2 unspecified atom stereocenters. The third-order valence-corrected chi connectivity index (χ3v) is 3.19. The van der Waals surface area contributed by atoms with Crippen molar-refractivity contribution >= 4 is 11.9 Å². The lowest BCUT2D eigenvalue weighted by molar-refractivity contribution is -0.149. The highest BCUT2D eigenvalue weighted by Gasteiger charge is 2.42. The second-order valence-electron chi connectivity index (χ2n) is 5.30.